The van der Waals surface area contributed by atoms with Crippen molar-refractivity contribution in [2.24, 2.45) is 23.7 Å². The molecule has 0 aliphatic carbocycles. The van der Waals surface area contributed by atoms with Gasteiger partial charge in [0, 0.05) is 70.2 Å². The highest BCUT2D eigenvalue weighted by Gasteiger charge is 2.38. The van der Waals surface area contributed by atoms with E-state index in [1.807, 2.05) is 32.6 Å². The number of rotatable bonds is 9. The van der Waals surface area contributed by atoms with Crippen LogP contribution in [0.15, 0.2) is 0 Å². The third kappa shape index (κ3) is 12.3. The highest BCUT2D eigenvalue weighted by atomic mass is 16.6. The van der Waals surface area contributed by atoms with E-state index in [4.69, 9.17) is 14.6 Å². The third-order valence-electron chi connectivity index (χ3n) is 9.93. The summed E-state index contributed by atoms with van der Waals surface area (Å²) in [5.74, 6) is 0.654. The molecule has 0 aromatic rings. The second-order valence-electron chi connectivity index (χ2n) is 14.6. The highest BCUT2D eigenvalue weighted by Crippen LogP contribution is 2.31. The maximum absolute atomic E-state index is 12.4. The van der Waals surface area contributed by atoms with Crippen LogP contribution in [0.1, 0.15) is 92.4 Å². The first kappa shape index (κ1) is 37.5. The molecule has 4 fully saturated rings. The summed E-state index contributed by atoms with van der Waals surface area (Å²) < 4.78 is 10.7. The number of carbonyl (C=O) groups excluding carboxylic acids is 2. The summed E-state index contributed by atoms with van der Waals surface area (Å²) in [5, 5.41) is 21.7. The third-order valence-corrected chi connectivity index (χ3v) is 9.93. The fourth-order valence-electron chi connectivity index (χ4n) is 7.80. The number of hydrogen-bond donors (Lipinski definition) is 3. The Bertz CT molecular complexity index is 929. The number of carboxylic acids is 1. The van der Waals surface area contributed by atoms with E-state index in [2.05, 4.69) is 22.0 Å². The summed E-state index contributed by atoms with van der Waals surface area (Å²) in [6, 6.07) is 0.909. The molecule has 6 atom stereocenters. The Morgan fingerprint density at radius 3 is 2.02 bits per heavy atom. The molecule has 4 heterocycles. The van der Waals surface area contributed by atoms with Crippen molar-refractivity contribution < 1.29 is 34.1 Å². The van der Waals surface area contributed by atoms with Crippen LogP contribution in [0.3, 0.4) is 0 Å². The SMILES string of the molecule is CCOC(=O)C[C@@H]1CCCN(C2CCN(C(=O)OC(C)(C)C)CC2CC)C1.O=C(O)C[C@@H]1CCCN(C2CCNCC2CO)C1. The Kier molecular flexibility index (Phi) is 15.3. The molecule has 0 saturated carbocycles. The van der Waals surface area contributed by atoms with Crippen molar-refractivity contribution in [1.29, 1.82) is 0 Å². The van der Waals surface area contributed by atoms with Gasteiger partial charge in [-0.15, -0.1) is 0 Å². The van der Waals surface area contributed by atoms with Gasteiger partial charge in [0.25, 0.3) is 0 Å². The standard InChI is InChI=1S/C21H38N2O4.C13H24N2O3/c1-6-17-15-23(20(25)27-21(3,4)5)12-10-18(17)22-11-8-9-16(14-22)13-19(24)26-7-2;16-9-11-7-14-4-3-12(11)15-5-1-2-10(8-15)6-13(17)18/h16-18H,6-15H2,1-5H3;10-12,14,16H,1-9H2,(H,17,18)/t16-,17?,18?;10-,11?,12?/m00/s1. The smallest absolute Gasteiger partial charge is 0.410 e. The number of aliphatic hydroxyl groups excluding tert-OH is 1. The van der Waals surface area contributed by atoms with Crippen LogP contribution in [0.25, 0.3) is 0 Å². The lowest BCUT2D eigenvalue weighted by Gasteiger charge is -2.46. The molecule has 3 N–H and O–H groups in total. The number of nitrogens with one attached hydrogen (secondary N) is 1. The molecule has 0 aromatic carbocycles. The number of nitrogens with zero attached hydrogens (tertiary/aromatic N) is 3. The predicted molar refractivity (Wildman–Crippen MR) is 174 cm³/mol. The largest absolute Gasteiger partial charge is 0.481 e. The first-order chi connectivity index (χ1) is 21.4. The Hall–Kier alpha value is -1.95. The van der Waals surface area contributed by atoms with Gasteiger partial charge in [-0.1, -0.05) is 13.3 Å². The molecular weight excluding hydrogens is 576 g/mol. The molecule has 11 heteroatoms. The monoisotopic (exact) mass is 638 g/mol. The minimum absolute atomic E-state index is 0.0730. The van der Waals surface area contributed by atoms with Crippen LogP contribution in [0.5, 0.6) is 0 Å². The van der Waals surface area contributed by atoms with Crippen LogP contribution >= 0.6 is 0 Å². The van der Waals surface area contributed by atoms with Crippen molar-refractivity contribution in [1.82, 2.24) is 20.0 Å². The minimum Gasteiger partial charge on any atom is -0.481 e. The van der Waals surface area contributed by atoms with Crippen molar-refractivity contribution in [3.05, 3.63) is 0 Å². The minimum atomic E-state index is -0.689. The van der Waals surface area contributed by atoms with Gasteiger partial charge in [-0.3, -0.25) is 19.4 Å². The zero-order valence-corrected chi connectivity index (χ0v) is 28.7. The number of aliphatic hydroxyl groups is 1. The fourth-order valence-corrected chi connectivity index (χ4v) is 7.80. The lowest BCUT2D eigenvalue weighted by Crippen LogP contribution is -2.55. The van der Waals surface area contributed by atoms with Gasteiger partial charge < -0.3 is 29.9 Å². The average molecular weight is 639 g/mol. The lowest BCUT2D eigenvalue weighted by molar-refractivity contribution is -0.145. The molecule has 45 heavy (non-hydrogen) atoms. The number of ether oxygens (including phenoxy) is 2. The summed E-state index contributed by atoms with van der Waals surface area (Å²) in [6.07, 6.45) is 8.03. The van der Waals surface area contributed by atoms with Gasteiger partial charge in [-0.25, -0.2) is 4.79 Å². The van der Waals surface area contributed by atoms with E-state index in [0.717, 1.165) is 97.3 Å². The van der Waals surface area contributed by atoms with Crippen molar-refractivity contribution in [3.63, 3.8) is 0 Å². The maximum atomic E-state index is 12.4. The van der Waals surface area contributed by atoms with Gasteiger partial charge >= 0.3 is 18.0 Å². The Morgan fingerprint density at radius 2 is 1.47 bits per heavy atom. The molecule has 260 valence electrons. The van der Waals surface area contributed by atoms with E-state index in [9.17, 15) is 19.5 Å². The van der Waals surface area contributed by atoms with Crippen LogP contribution < -0.4 is 5.32 Å². The van der Waals surface area contributed by atoms with Crippen molar-refractivity contribution in [3.8, 4) is 0 Å². The zero-order chi connectivity index (χ0) is 33.0. The van der Waals surface area contributed by atoms with Gasteiger partial charge in [0.05, 0.1) is 6.61 Å². The van der Waals surface area contributed by atoms with Crippen molar-refractivity contribution in [2.45, 2.75) is 110 Å². The molecule has 11 nitrogen and oxygen atoms in total. The molecule has 4 unspecified atom stereocenters. The van der Waals surface area contributed by atoms with Crippen molar-refractivity contribution in [2.75, 3.05) is 65.6 Å². The molecule has 0 bridgehead atoms. The summed E-state index contributed by atoms with van der Waals surface area (Å²) in [7, 11) is 0. The van der Waals surface area contributed by atoms with Crippen LogP contribution in [0.4, 0.5) is 4.79 Å². The molecule has 4 aliphatic rings. The second kappa shape index (κ2) is 18.4. The maximum Gasteiger partial charge on any atom is 0.410 e. The van der Waals surface area contributed by atoms with Gasteiger partial charge in [0.15, 0.2) is 0 Å². The molecule has 4 rings (SSSR count). The zero-order valence-electron chi connectivity index (χ0n) is 28.7. The topological polar surface area (TPSA) is 132 Å². The number of piperidine rings is 4. The van der Waals surface area contributed by atoms with E-state index in [0.29, 0.717) is 42.9 Å². The average Bonchev–Trinajstić information content (AvgIpc) is 3.00. The molecule has 0 aromatic heterocycles. The van der Waals surface area contributed by atoms with Gasteiger partial charge in [-0.2, -0.15) is 0 Å². The second-order valence-corrected chi connectivity index (χ2v) is 14.6. The van der Waals surface area contributed by atoms with E-state index in [1.165, 1.54) is 0 Å². The first-order valence-corrected chi connectivity index (χ1v) is 17.6. The number of esters is 1. The molecule has 0 spiro atoms. The van der Waals surface area contributed by atoms with Crippen LogP contribution in [0, 0.1) is 23.7 Å². The number of carboxylic acid groups (broad SMARTS) is 1. The number of likely N-dealkylation sites (tertiary alicyclic amines) is 3. The summed E-state index contributed by atoms with van der Waals surface area (Å²) in [5.41, 5.74) is -0.456. The van der Waals surface area contributed by atoms with Gasteiger partial charge in [-0.05, 0) is 104 Å². The Balaban J connectivity index is 0.000000265. The Labute approximate surface area is 271 Å². The predicted octanol–water partition coefficient (Wildman–Crippen LogP) is 3.83. The highest BCUT2D eigenvalue weighted by molar-refractivity contribution is 5.69. The van der Waals surface area contributed by atoms with Gasteiger partial charge in [0.1, 0.15) is 5.60 Å². The summed E-state index contributed by atoms with van der Waals surface area (Å²) in [4.78, 5) is 41.9. The number of amides is 1. The van der Waals surface area contributed by atoms with Crippen LogP contribution in [-0.4, -0.2) is 126 Å². The quantitative estimate of drug-likeness (QED) is 0.320. The van der Waals surface area contributed by atoms with Crippen LogP contribution in [0.2, 0.25) is 0 Å². The van der Waals surface area contributed by atoms with Crippen molar-refractivity contribution >= 4 is 18.0 Å². The number of carbonyl (C=O) groups is 3. The van der Waals surface area contributed by atoms with Crippen LogP contribution in [-0.2, 0) is 19.1 Å². The first-order valence-electron chi connectivity index (χ1n) is 17.6. The number of hydrogen-bond acceptors (Lipinski definition) is 9. The van der Waals surface area contributed by atoms with E-state index >= 15 is 0 Å². The molecule has 4 saturated heterocycles. The van der Waals surface area contributed by atoms with E-state index < -0.39 is 11.6 Å². The summed E-state index contributed by atoms with van der Waals surface area (Å²) >= 11 is 0. The Morgan fingerprint density at radius 1 is 0.844 bits per heavy atom. The normalized spacial score (nSPS) is 30.1. The number of aliphatic carboxylic acids is 1. The molecule has 4 aliphatic heterocycles. The fraction of sp³-hybridized carbons (Fsp3) is 0.912. The molecule has 0 radical (unpaired) electrons. The lowest BCUT2D eigenvalue weighted by atomic mass is 9.85. The molecular formula is C34H62N4O7. The van der Waals surface area contributed by atoms with E-state index in [1.54, 1.807) is 0 Å². The molecule has 1 amide bonds. The van der Waals surface area contributed by atoms with E-state index in [-0.39, 0.29) is 31.0 Å². The summed E-state index contributed by atoms with van der Waals surface area (Å²) in [6.45, 7) is 17.8. The van der Waals surface area contributed by atoms with Gasteiger partial charge in [0.2, 0.25) is 0 Å².